The zero-order valence-corrected chi connectivity index (χ0v) is 11.3. The average molecular weight is 263 g/mol. The average Bonchev–Trinajstić information content (AvgIpc) is 2.42. The van der Waals surface area contributed by atoms with Crippen LogP contribution in [0.2, 0.25) is 0 Å². The van der Waals surface area contributed by atoms with Gasteiger partial charge < -0.3 is 10.5 Å². The van der Waals surface area contributed by atoms with E-state index in [0.717, 1.165) is 25.7 Å². The van der Waals surface area contributed by atoms with Gasteiger partial charge in [0.1, 0.15) is 5.75 Å². The first-order valence-corrected chi connectivity index (χ1v) is 6.69. The van der Waals surface area contributed by atoms with Crippen molar-refractivity contribution in [3.05, 3.63) is 29.8 Å². The summed E-state index contributed by atoms with van der Waals surface area (Å²) in [5.41, 5.74) is 5.77. The molecule has 2 N–H and O–H groups in total. The summed E-state index contributed by atoms with van der Waals surface area (Å²) in [5.74, 6) is -0.0750. The summed E-state index contributed by atoms with van der Waals surface area (Å²) in [6, 6.07) is 6.83. The maximum absolute atomic E-state index is 11.4. The van der Waals surface area contributed by atoms with Gasteiger partial charge in [0.2, 0.25) is 0 Å². The molecule has 0 aromatic heterocycles. The second-order valence-electron chi connectivity index (χ2n) is 4.51. The number of amides is 1. The SMILES string of the molecule is CCCCCCC(Oc1ccccc1C=O)C(N)=O. The molecule has 0 aliphatic carbocycles. The predicted octanol–water partition coefficient (Wildman–Crippen LogP) is 2.70. The van der Waals surface area contributed by atoms with Crippen molar-refractivity contribution >= 4 is 12.2 Å². The van der Waals surface area contributed by atoms with Crippen LogP contribution in [0, 0.1) is 0 Å². The first kappa shape index (κ1) is 15.2. The number of para-hydroxylation sites is 1. The third kappa shape index (κ3) is 5.12. The molecule has 1 aromatic rings. The molecule has 1 unspecified atom stereocenters. The third-order valence-corrected chi connectivity index (χ3v) is 2.95. The van der Waals surface area contributed by atoms with Crippen LogP contribution >= 0.6 is 0 Å². The quantitative estimate of drug-likeness (QED) is 0.550. The highest BCUT2D eigenvalue weighted by Crippen LogP contribution is 2.19. The van der Waals surface area contributed by atoms with Gasteiger partial charge in [-0.15, -0.1) is 0 Å². The standard InChI is InChI=1S/C15H21NO3/c1-2-3-4-5-10-14(15(16)18)19-13-9-7-6-8-12(13)11-17/h6-9,11,14H,2-5,10H2,1H3,(H2,16,18). The number of unbranched alkanes of at least 4 members (excludes halogenated alkanes) is 3. The fourth-order valence-electron chi connectivity index (χ4n) is 1.85. The Balaban J connectivity index is 2.62. The molecule has 1 rings (SSSR count). The number of hydrogen-bond donors (Lipinski definition) is 1. The van der Waals surface area contributed by atoms with Crippen molar-refractivity contribution in [2.75, 3.05) is 0 Å². The van der Waals surface area contributed by atoms with Gasteiger partial charge in [0.25, 0.3) is 5.91 Å². The van der Waals surface area contributed by atoms with E-state index < -0.39 is 12.0 Å². The lowest BCUT2D eigenvalue weighted by Gasteiger charge is -2.17. The monoisotopic (exact) mass is 263 g/mol. The Morgan fingerprint density at radius 1 is 1.32 bits per heavy atom. The van der Waals surface area contributed by atoms with Gasteiger partial charge in [0, 0.05) is 0 Å². The highest BCUT2D eigenvalue weighted by atomic mass is 16.5. The molecule has 1 atom stereocenters. The summed E-state index contributed by atoms with van der Waals surface area (Å²) in [4.78, 5) is 22.3. The van der Waals surface area contributed by atoms with Crippen LogP contribution in [-0.4, -0.2) is 18.3 Å². The number of aldehydes is 1. The molecule has 0 spiro atoms. The molecule has 0 aliphatic rings. The summed E-state index contributed by atoms with van der Waals surface area (Å²) in [6.07, 6.45) is 4.85. The number of rotatable bonds is 9. The molecule has 0 bridgehead atoms. The molecule has 0 aliphatic heterocycles. The van der Waals surface area contributed by atoms with Crippen LogP contribution < -0.4 is 10.5 Å². The zero-order chi connectivity index (χ0) is 14.1. The number of nitrogens with two attached hydrogens (primary N) is 1. The van der Waals surface area contributed by atoms with Gasteiger partial charge >= 0.3 is 0 Å². The van der Waals surface area contributed by atoms with Crippen LogP contribution in [0.1, 0.15) is 49.4 Å². The van der Waals surface area contributed by atoms with Crippen LogP contribution in [0.15, 0.2) is 24.3 Å². The Hall–Kier alpha value is -1.84. The van der Waals surface area contributed by atoms with Crippen LogP contribution in [0.25, 0.3) is 0 Å². The van der Waals surface area contributed by atoms with E-state index in [2.05, 4.69) is 6.92 Å². The second kappa shape index (κ2) is 8.29. The smallest absolute Gasteiger partial charge is 0.258 e. The van der Waals surface area contributed by atoms with E-state index >= 15 is 0 Å². The topological polar surface area (TPSA) is 69.4 Å². The van der Waals surface area contributed by atoms with Gasteiger partial charge in [-0.25, -0.2) is 0 Å². The normalized spacial score (nSPS) is 11.8. The maximum atomic E-state index is 11.4. The molecule has 1 aromatic carbocycles. The number of hydrogen-bond acceptors (Lipinski definition) is 3. The maximum Gasteiger partial charge on any atom is 0.258 e. The molecular formula is C15H21NO3. The Bertz CT molecular complexity index is 418. The number of ether oxygens (including phenoxy) is 1. The molecule has 19 heavy (non-hydrogen) atoms. The lowest BCUT2D eigenvalue weighted by atomic mass is 10.1. The fourth-order valence-corrected chi connectivity index (χ4v) is 1.85. The minimum atomic E-state index is -0.669. The lowest BCUT2D eigenvalue weighted by Crippen LogP contribution is -2.33. The minimum Gasteiger partial charge on any atom is -0.480 e. The van der Waals surface area contributed by atoms with E-state index in [-0.39, 0.29) is 0 Å². The van der Waals surface area contributed by atoms with Gasteiger partial charge in [-0.3, -0.25) is 9.59 Å². The largest absolute Gasteiger partial charge is 0.480 e. The molecule has 0 radical (unpaired) electrons. The van der Waals surface area contributed by atoms with Crippen molar-refractivity contribution < 1.29 is 14.3 Å². The Morgan fingerprint density at radius 3 is 2.68 bits per heavy atom. The highest BCUT2D eigenvalue weighted by molar-refractivity contribution is 5.81. The number of primary amides is 1. The predicted molar refractivity (Wildman–Crippen MR) is 74.2 cm³/mol. The molecule has 104 valence electrons. The summed E-state index contributed by atoms with van der Waals surface area (Å²) in [7, 11) is 0. The van der Waals surface area contributed by atoms with Crippen molar-refractivity contribution in [1.82, 2.24) is 0 Å². The van der Waals surface area contributed by atoms with E-state index in [1.165, 1.54) is 0 Å². The number of benzene rings is 1. The molecule has 0 saturated carbocycles. The molecule has 1 amide bonds. The fraction of sp³-hybridized carbons (Fsp3) is 0.467. The van der Waals surface area contributed by atoms with Crippen molar-refractivity contribution in [3.8, 4) is 5.75 Å². The molecule has 4 heteroatoms. The van der Waals surface area contributed by atoms with Crippen molar-refractivity contribution in [2.24, 2.45) is 5.73 Å². The van der Waals surface area contributed by atoms with E-state index in [1.807, 2.05) is 0 Å². The van der Waals surface area contributed by atoms with Crippen molar-refractivity contribution in [1.29, 1.82) is 0 Å². The summed E-state index contributed by atoms with van der Waals surface area (Å²) < 4.78 is 5.57. The van der Waals surface area contributed by atoms with Gasteiger partial charge in [0.15, 0.2) is 12.4 Å². The van der Waals surface area contributed by atoms with E-state index in [4.69, 9.17) is 10.5 Å². The van der Waals surface area contributed by atoms with Gasteiger partial charge in [-0.05, 0) is 25.0 Å². The highest BCUT2D eigenvalue weighted by Gasteiger charge is 2.18. The van der Waals surface area contributed by atoms with Crippen LogP contribution in [0.4, 0.5) is 0 Å². The summed E-state index contributed by atoms with van der Waals surface area (Å²) in [6.45, 7) is 2.13. The summed E-state index contributed by atoms with van der Waals surface area (Å²) >= 11 is 0. The van der Waals surface area contributed by atoms with Gasteiger partial charge in [0.05, 0.1) is 5.56 Å². The Morgan fingerprint density at radius 2 is 2.05 bits per heavy atom. The van der Waals surface area contributed by atoms with Crippen LogP contribution in [0.5, 0.6) is 5.75 Å². The molecule has 0 fully saturated rings. The van der Waals surface area contributed by atoms with E-state index in [9.17, 15) is 9.59 Å². The second-order valence-corrected chi connectivity index (χ2v) is 4.51. The van der Waals surface area contributed by atoms with Gasteiger partial charge in [-0.2, -0.15) is 0 Å². The Labute approximate surface area is 113 Å². The van der Waals surface area contributed by atoms with Gasteiger partial charge in [-0.1, -0.05) is 38.3 Å². The molecular weight excluding hydrogens is 242 g/mol. The van der Waals surface area contributed by atoms with E-state index in [0.29, 0.717) is 24.0 Å². The molecule has 0 saturated heterocycles. The zero-order valence-electron chi connectivity index (χ0n) is 11.3. The first-order valence-electron chi connectivity index (χ1n) is 6.69. The number of carbonyl (C=O) groups is 2. The lowest BCUT2D eigenvalue weighted by molar-refractivity contribution is -0.125. The van der Waals surface area contributed by atoms with Crippen molar-refractivity contribution in [2.45, 2.75) is 45.1 Å². The Kier molecular flexibility index (Phi) is 6.64. The minimum absolute atomic E-state index is 0.414. The van der Waals surface area contributed by atoms with Crippen LogP contribution in [0.3, 0.4) is 0 Å². The van der Waals surface area contributed by atoms with Crippen molar-refractivity contribution in [3.63, 3.8) is 0 Å². The van der Waals surface area contributed by atoms with E-state index in [1.54, 1.807) is 24.3 Å². The van der Waals surface area contributed by atoms with Crippen LogP contribution in [-0.2, 0) is 4.79 Å². The molecule has 0 heterocycles. The summed E-state index contributed by atoms with van der Waals surface area (Å²) in [5, 5.41) is 0. The third-order valence-electron chi connectivity index (χ3n) is 2.95. The first-order chi connectivity index (χ1) is 9.19. The number of carbonyl (C=O) groups excluding carboxylic acids is 2. The molecule has 4 nitrogen and oxygen atoms in total.